The number of benzene rings is 3. The molecule has 0 fully saturated rings. The molecule has 0 bridgehead atoms. The van der Waals surface area contributed by atoms with E-state index < -0.39 is 24.1 Å². The Morgan fingerprint density at radius 2 is 1.69 bits per heavy atom. The standard InChI is InChI=1S/C25H17Cl3F3N3O2/c26-18-11-17(12-19(27)13-18)24(25(29,30)31)14-22(34-36-24)16-7-8-20(28)21(10-16)32-33-23(35)9-6-15-4-2-1-3-5-15/h1-13,32H,14H2,(H,33,35)/b9-6+. The maximum atomic E-state index is 14.2. The van der Waals surface area contributed by atoms with Crippen molar-refractivity contribution in [3.63, 3.8) is 0 Å². The fourth-order valence-electron chi connectivity index (χ4n) is 3.55. The van der Waals surface area contributed by atoms with Crippen LogP contribution >= 0.6 is 34.8 Å². The number of carbonyl (C=O) groups is 1. The third kappa shape index (κ3) is 5.61. The number of alkyl halides is 3. The van der Waals surface area contributed by atoms with E-state index in [0.717, 1.165) is 17.7 Å². The maximum Gasteiger partial charge on any atom is 0.435 e. The summed E-state index contributed by atoms with van der Waals surface area (Å²) in [6.07, 6.45) is -2.50. The van der Waals surface area contributed by atoms with Gasteiger partial charge in [0.1, 0.15) is 0 Å². The van der Waals surface area contributed by atoms with Crippen molar-refractivity contribution in [2.45, 2.75) is 18.2 Å². The summed E-state index contributed by atoms with van der Waals surface area (Å²) in [7, 11) is 0. The number of halogens is 6. The molecule has 3 aromatic carbocycles. The molecule has 2 N–H and O–H groups in total. The highest BCUT2D eigenvalue weighted by Gasteiger charge is 2.62. The second kappa shape index (κ2) is 10.4. The topological polar surface area (TPSA) is 62.7 Å². The summed E-state index contributed by atoms with van der Waals surface area (Å²) >= 11 is 18.1. The highest BCUT2D eigenvalue weighted by atomic mass is 35.5. The summed E-state index contributed by atoms with van der Waals surface area (Å²) in [5.41, 5.74) is 3.54. The van der Waals surface area contributed by atoms with Crippen molar-refractivity contribution < 1.29 is 22.8 Å². The lowest BCUT2D eigenvalue weighted by Gasteiger charge is -2.29. The van der Waals surface area contributed by atoms with Gasteiger partial charge in [0.05, 0.1) is 16.4 Å². The normalized spacial score (nSPS) is 17.6. The lowest BCUT2D eigenvalue weighted by molar-refractivity contribution is -0.275. The number of hydrogen-bond acceptors (Lipinski definition) is 4. The first-order valence-corrected chi connectivity index (χ1v) is 11.6. The van der Waals surface area contributed by atoms with Crippen LogP contribution in [-0.4, -0.2) is 17.8 Å². The molecule has 0 saturated heterocycles. The van der Waals surface area contributed by atoms with Gasteiger partial charge < -0.3 is 4.84 Å². The van der Waals surface area contributed by atoms with Gasteiger partial charge in [0, 0.05) is 33.7 Å². The minimum atomic E-state index is -4.82. The van der Waals surface area contributed by atoms with Gasteiger partial charge in [-0.3, -0.25) is 15.6 Å². The molecule has 1 unspecified atom stereocenters. The Labute approximate surface area is 219 Å². The van der Waals surface area contributed by atoms with Crippen molar-refractivity contribution in [3.8, 4) is 0 Å². The van der Waals surface area contributed by atoms with Crippen LogP contribution in [0.15, 0.2) is 78.0 Å². The molecule has 0 aliphatic carbocycles. The van der Waals surface area contributed by atoms with Gasteiger partial charge in [-0.2, -0.15) is 13.2 Å². The molecule has 186 valence electrons. The van der Waals surface area contributed by atoms with E-state index in [1.165, 1.54) is 30.3 Å². The van der Waals surface area contributed by atoms with Crippen molar-refractivity contribution in [2.24, 2.45) is 5.16 Å². The highest BCUT2D eigenvalue weighted by Crippen LogP contribution is 2.49. The van der Waals surface area contributed by atoms with Crippen LogP contribution in [0, 0.1) is 0 Å². The van der Waals surface area contributed by atoms with Crippen LogP contribution in [0.5, 0.6) is 0 Å². The number of nitrogens with one attached hydrogen (secondary N) is 2. The van der Waals surface area contributed by atoms with Crippen LogP contribution < -0.4 is 10.9 Å². The van der Waals surface area contributed by atoms with Crippen LogP contribution in [0.4, 0.5) is 18.9 Å². The summed E-state index contributed by atoms with van der Waals surface area (Å²) < 4.78 is 42.7. The van der Waals surface area contributed by atoms with E-state index in [1.807, 2.05) is 30.3 Å². The van der Waals surface area contributed by atoms with Gasteiger partial charge in [-0.05, 0) is 42.0 Å². The first kappa shape index (κ1) is 25.9. The predicted molar refractivity (Wildman–Crippen MR) is 135 cm³/mol. The molecule has 4 rings (SSSR count). The van der Waals surface area contributed by atoms with E-state index in [2.05, 4.69) is 16.0 Å². The number of hydrazine groups is 1. The average Bonchev–Trinajstić information content (AvgIpc) is 3.29. The lowest BCUT2D eigenvalue weighted by atomic mass is 9.86. The van der Waals surface area contributed by atoms with E-state index in [-0.39, 0.29) is 32.0 Å². The Morgan fingerprint density at radius 3 is 2.36 bits per heavy atom. The molecule has 0 spiro atoms. The molecule has 0 radical (unpaired) electrons. The minimum Gasteiger partial charge on any atom is -0.374 e. The third-order valence-corrected chi connectivity index (χ3v) is 6.13. The average molecular weight is 555 g/mol. The van der Waals surface area contributed by atoms with Crippen molar-refractivity contribution in [3.05, 3.63) is 105 Å². The Kier molecular flexibility index (Phi) is 7.49. The fraction of sp³-hybridized carbons (Fsp3) is 0.120. The molecule has 0 saturated carbocycles. The molecule has 1 amide bonds. The number of oxime groups is 1. The van der Waals surface area contributed by atoms with Crippen molar-refractivity contribution in [2.75, 3.05) is 5.43 Å². The second-order valence-corrected chi connectivity index (χ2v) is 9.12. The van der Waals surface area contributed by atoms with E-state index >= 15 is 0 Å². The number of rotatable bonds is 6. The molecule has 11 heteroatoms. The molecular weight excluding hydrogens is 538 g/mol. The quantitative estimate of drug-likeness (QED) is 0.247. The third-order valence-electron chi connectivity index (χ3n) is 5.36. The number of nitrogens with zero attached hydrogens (tertiary/aromatic N) is 1. The van der Waals surface area contributed by atoms with Gasteiger partial charge in [-0.15, -0.1) is 0 Å². The SMILES string of the molecule is O=C(/C=C/c1ccccc1)NNc1cc(C2=NOC(c3cc(Cl)cc(Cl)c3)(C(F)(F)F)C2)ccc1Cl. The molecule has 5 nitrogen and oxygen atoms in total. The second-order valence-electron chi connectivity index (χ2n) is 7.84. The number of hydrogen-bond donors (Lipinski definition) is 2. The lowest BCUT2D eigenvalue weighted by Crippen LogP contribution is -2.42. The summed E-state index contributed by atoms with van der Waals surface area (Å²) in [6.45, 7) is 0. The van der Waals surface area contributed by atoms with Gasteiger partial charge in [0.15, 0.2) is 0 Å². The van der Waals surface area contributed by atoms with E-state index in [0.29, 0.717) is 5.56 Å². The van der Waals surface area contributed by atoms with Crippen LogP contribution in [0.3, 0.4) is 0 Å². The van der Waals surface area contributed by atoms with Crippen LogP contribution in [0.25, 0.3) is 6.08 Å². The molecule has 3 aromatic rings. The zero-order valence-corrected chi connectivity index (χ0v) is 20.5. The summed E-state index contributed by atoms with van der Waals surface area (Å²) in [5.74, 6) is -0.462. The van der Waals surface area contributed by atoms with Gasteiger partial charge in [0.25, 0.3) is 11.5 Å². The van der Waals surface area contributed by atoms with Gasteiger partial charge in [-0.25, -0.2) is 0 Å². The fourth-order valence-corrected chi connectivity index (χ4v) is 4.24. The first-order valence-electron chi connectivity index (χ1n) is 10.4. The number of anilines is 1. The smallest absolute Gasteiger partial charge is 0.374 e. The Bertz CT molecular complexity index is 1330. The van der Waals surface area contributed by atoms with Crippen LogP contribution in [0.1, 0.15) is 23.1 Å². The summed E-state index contributed by atoms with van der Waals surface area (Å²) in [4.78, 5) is 17.2. The minimum absolute atomic E-state index is 0.0263. The molecule has 1 aliphatic rings. The maximum absolute atomic E-state index is 14.2. The van der Waals surface area contributed by atoms with E-state index in [4.69, 9.17) is 39.6 Å². The Morgan fingerprint density at radius 1 is 1.00 bits per heavy atom. The van der Waals surface area contributed by atoms with Gasteiger partial charge in [-0.1, -0.05) is 76.4 Å². The monoisotopic (exact) mass is 553 g/mol. The van der Waals surface area contributed by atoms with Crippen molar-refractivity contribution >= 4 is 58.2 Å². The van der Waals surface area contributed by atoms with Crippen molar-refractivity contribution in [1.29, 1.82) is 0 Å². The van der Waals surface area contributed by atoms with Crippen molar-refractivity contribution in [1.82, 2.24) is 5.43 Å². The predicted octanol–water partition coefficient (Wildman–Crippen LogP) is 7.39. The molecule has 1 heterocycles. The highest BCUT2D eigenvalue weighted by molar-refractivity contribution is 6.34. The van der Waals surface area contributed by atoms with Crippen LogP contribution in [0.2, 0.25) is 15.1 Å². The number of amides is 1. The Balaban J connectivity index is 1.52. The van der Waals surface area contributed by atoms with E-state index in [9.17, 15) is 18.0 Å². The largest absolute Gasteiger partial charge is 0.435 e. The molecule has 1 aliphatic heterocycles. The zero-order chi connectivity index (χ0) is 25.9. The van der Waals surface area contributed by atoms with Crippen LogP contribution in [-0.2, 0) is 15.2 Å². The summed E-state index contributed by atoms with van der Waals surface area (Å²) in [6, 6.07) is 17.3. The molecule has 0 aromatic heterocycles. The number of carbonyl (C=O) groups excluding carboxylic acids is 1. The van der Waals surface area contributed by atoms with E-state index in [1.54, 1.807) is 6.08 Å². The molecule has 1 atom stereocenters. The molecule has 36 heavy (non-hydrogen) atoms. The molecular formula is C25H17Cl3F3N3O2. The zero-order valence-electron chi connectivity index (χ0n) is 18.2. The van der Waals surface area contributed by atoms with Gasteiger partial charge in [0.2, 0.25) is 0 Å². The van der Waals surface area contributed by atoms with Gasteiger partial charge >= 0.3 is 6.18 Å². The first-order chi connectivity index (χ1) is 17.1. The Hall–Kier alpha value is -3.20. The summed E-state index contributed by atoms with van der Waals surface area (Å²) in [5, 5.41) is 4.03.